The first-order valence-electron chi connectivity index (χ1n) is 9.73. The number of fused-ring (bicyclic) bond motifs is 1. The molecule has 1 N–H and O–H groups in total. The monoisotopic (exact) mass is 451 g/mol. The number of aromatic nitrogens is 4. The molecule has 0 fully saturated rings. The highest BCUT2D eigenvalue weighted by Gasteiger charge is 2.16. The van der Waals surface area contributed by atoms with Gasteiger partial charge in [-0.1, -0.05) is 43.0 Å². The Balaban J connectivity index is 1.59. The van der Waals surface area contributed by atoms with Gasteiger partial charge < -0.3 is 5.32 Å². The van der Waals surface area contributed by atoms with Crippen molar-refractivity contribution in [1.82, 2.24) is 19.2 Å². The SMILES string of the molecule is CCc1ccccc1Sc1nccn2c(=O)n(CC(=O)Nc3cccc(SC)c3)nc12. The Hall–Kier alpha value is -3.04. The molecular formula is C22H21N5O2S2. The number of nitrogens with one attached hydrogen (secondary N) is 1. The van der Waals surface area contributed by atoms with Crippen LogP contribution in [0.15, 0.2) is 80.5 Å². The van der Waals surface area contributed by atoms with Gasteiger partial charge in [0.05, 0.1) is 0 Å². The zero-order valence-corrected chi connectivity index (χ0v) is 18.7. The number of aryl methyl sites for hydroxylation is 1. The van der Waals surface area contributed by atoms with Crippen LogP contribution in [0.25, 0.3) is 5.65 Å². The lowest BCUT2D eigenvalue weighted by atomic mass is 10.2. The number of carbonyl (C=O) groups excluding carboxylic acids is 1. The molecular weight excluding hydrogens is 430 g/mol. The normalized spacial score (nSPS) is 11.0. The molecule has 2 aromatic carbocycles. The molecule has 0 aliphatic rings. The van der Waals surface area contributed by atoms with Crippen molar-refractivity contribution in [2.75, 3.05) is 11.6 Å². The van der Waals surface area contributed by atoms with Crippen LogP contribution in [0.3, 0.4) is 0 Å². The molecule has 158 valence electrons. The summed E-state index contributed by atoms with van der Waals surface area (Å²) in [5, 5.41) is 7.84. The Labute approximate surface area is 187 Å². The Morgan fingerprint density at radius 3 is 2.81 bits per heavy atom. The summed E-state index contributed by atoms with van der Waals surface area (Å²) in [7, 11) is 0. The van der Waals surface area contributed by atoms with Crippen molar-refractivity contribution < 1.29 is 4.79 Å². The van der Waals surface area contributed by atoms with Crippen molar-refractivity contribution in [2.24, 2.45) is 0 Å². The average Bonchev–Trinajstić information content (AvgIpc) is 3.10. The van der Waals surface area contributed by atoms with Crippen molar-refractivity contribution >= 4 is 40.8 Å². The molecule has 0 unspecified atom stereocenters. The van der Waals surface area contributed by atoms with Gasteiger partial charge in [0.2, 0.25) is 5.91 Å². The van der Waals surface area contributed by atoms with E-state index in [0.29, 0.717) is 16.4 Å². The molecule has 0 spiro atoms. The average molecular weight is 452 g/mol. The third-order valence-corrected chi connectivity index (χ3v) is 6.50. The van der Waals surface area contributed by atoms with Gasteiger partial charge in [-0.3, -0.25) is 4.79 Å². The lowest BCUT2D eigenvalue weighted by molar-refractivity contribution is -0.117. The highest BCUT2D eigenvalue weighted by molar-refractivity contribution is 7.99. The van der Waals surface area contributed by atoms with Gasteiger partial charge in [-0.25, -0.2) is 18.9 Å². The summed E-state index contributed by atoms with van der Waals surface area (Å²) < 4.78 is 2.59. The van der Waals surface area contributed by atoms with Crippen LogP contribution < -0.4 is 11.0 Å². The predicted octanol–water partition coefficient (Wildman–Crippen LogP) is 3.97. The Morgan fingerprint density at radius 1 is 1.16 bits per heavy atom. The number of benzene rings is 2. The first kappa shape index (κ1) is 21.2. The maximum Gasteiger partial charge on any atom is 0.350 e. The summed E-state index contributed by atoms with van der Waals surface area (Å²) in [4.78, 5) is 31.8. The van der Waals surface area contributed by atoms with Gasteiger partial charge in [0, 0.05) is 27.9 Å². The van der Waals surface area contributed by atoms with Gasteiger partial charge >= 0.3 is 5.69 Å². The van der Waals surface area contributed by atoms with E-state index in [1.807, 2.05) is 48.7 Å². The van der Waals surface area contributed by atoms with Crippen LogP contribution in [-0.2, 0) is 17.8 Å². The van der Waals surface area contributed by atoms with E-state index in [1.54, 1.807) is 24.2 Å². The van der Waals surface area contributed by atoms with Crippen LogP contribution in [0.1, 0.15) is 12.5 Å². The third kappa shape index (κ3) is 4.67. The van der Waals surface area contributed by atoms with Crippen molar-refractivity contribution in [2.45, 2.75) is 34.7 Å². The highest BCUT2D eigenvalue weighted by atomic mass is 32.2. The Morgan fingerprint density at radius 2 is 2.00 bits per heavy atom. The molecule has 1 amide bonds. The zero-order chi connectivity index (χ0) is 21.8. The van der Waals surface area contributed by atoms with E-state index >= 15 is 0 Å². The summed E-state index contributed by atoms with van der Waals surface area (Å²) in [5.74, 6) is -0.317. The van der Waals surface area contributed by atoms with E-state index in [1.165, 1.54) is 26.4 Å². The Bertz CT molecular complexity index is 1300. The molecule has 0 saturated carbocycles. The van der Waals surface area contributed by atoms with Crippen molar-refractivity contribution in [3.8, 4) is 0 Å². The molecule has 2 aromatic heterocycles. The van der Waals surface area contributed by atoms with Gasteiger partial charge in [-0.05, 0) is 42.5 Å². The first-order valence-corrected chi connectivity index (χ1v) is 11.8. The fourth-order valence-corrected chi connectivity index (χ4v) is 4.64. The predicted molar refractivity (Wildman–Crippen MR) is 124 cm³/mol. The minimum atomic E-state index is -0.379. The summed E-state index contributed by atoms with van der Waals surface area (Å²) in [6.07, 6.45) is 6.01. The summed E-state index contributed by atoms with van der Waals surface area (Å²) >= 11 is 3.06. The first-order chi connectivity index (χ1) is 15.1. The number of nitrogens with zero attached hydrogens (tertiary/aromatic N) is 4. The molecule has 0 radical (unpaired) electrons. The van der Waals surface area contributed by atoms with Gasteiger partial charge in [0.15, 0.2) is 5.65 Å². The molecule has 0 bridgehead atoms. The topological polar surface area (TPSA) is 81.3 Å². The number of hydrogen-bond acceptors (Lipinski definition) is 6. The van der Waals surface area contributed by atoms with E-state index in [4.69, 9.17) is 0 Å². The van der Waals surface area contributed by atoms with Gasteiger partial charge in [-0.2, -0.15) is 0 Å². The number of carbonyl (C=O) groups is 1. The number of anilines is 1. The Kier molecular flexibility index (Phi) is 6.43. The van der Waals surface area contributed by atoms with E-state index in [2.05, 4.69) is 28.4 Å². The van der Waals surface area contributed by atoms with Crippen molar-refractivity contribution in [3.05, 3.63) is 77.0 Å². The second-order valence-electron chi connectivity index (χ2n) is 6.71. The number of thioether (sulfide) groups is 1. The number of amides is 1. The molecule has 2 heterocycles. The van der Waals surface area contributed by atoms with Crippen molar-refractivity contribution in [3.63, 3.8) is 0 Å². The van der Waals surface area contributed by atoms with Crippen LogP contribution in [0.5, 0.6) is 0 Å². The second kappa shape index (κ2) is 9.40. The van der Waals surface area contributed by atoms with E-state index in [0.717, 1.165) is 16.2 Å². The lowest BCUT2D eigenvalue weighted by Gasteiger charge is -2.06. The quantitative estimate of drug-likeness (QED) is 0.428. The van der Waals surface area contributed by atoms with Gasteiger partial charge in [0.1, 0.15) is 11.6 Å². The molecule has 0 aliphatic heterocycles. The maximum absolute atomic E-state index is 12.8. The number of rotatable bonds is 7. The summed E-state index contributed by atoms with van der Waals surface area (Å²) in [6.45, 7) is 1.92. The van der Waals surface area contributed by atoms with Gasteiger partial charge in [-0.15, -0.1) is 16.9 Å². The zero-order valence-electron chi connectivity index (χ0n) is 17.1. The van der Waals surface area contributed by atoms with Crippen LogP contribution in [-0.4, -0.2) is 31.3 Å². The fourth-order valence-electron chi connectivity index (χ4n) is 3.14. The molecule has 0 atom stereocenters. The molecule has 4 rings (SSSR count). The third-order valence-electron chi connectivity index (χ3n) is 4.68. The smallest absolute Gasteiger partial charge is 0.324 e. The van der Waals surface area contributed by atoms with Gasteiger partial charge in [0.25, 0.3) is 0 Å². The van der Waals surface area contributed by atoms with E-state index in [-0.39, 0.29) is 18.1 Å². The van der Waals surface area contributed by atoms with E-state index < -0.39 is 0 Å². The molecule has 9 heteroatoms. The summed E-state index contributed by atoms with van der Waals surface area (Å²) in [6, 6.07) is 15.6. The van der Waals surface area contributed by atoms with Crippen LogP contribution in [0, 0.1) is 0 Å². The molecule has 0 saturated heterocycles. The van der Waals surface area contributed by atoms with Crippen LogP contribution in [0.4, 0.5) is 5.69 Å². The largest absolute Gasteiger partial charge is 0.350 e. The van der Waals surface area contributed by atoms with E-state index in [9.17, 15) is 9.59 Å². The molecule has 0 aliphatic carbocycles. The minimum absolute atomic E-state index is 0.181. The molecule has 31 heavy (non-hydrogen) atoms. The molecule has 7 nitrogen and oxygen atoms in total. The lowest BCUT2D eigenvalue weighted by Crippen LogP contribution is -2.28. The van der Waals surface area contributed by atoms with Crippen LogP contribution >= 0.6 is 23.5 Å². The number of hydrogen-bond donors (Lipinski definition) is 1. The minimum Gasteiger partial charge on any atom is -0.324 e. The maximum atomic E-state index is 12.8. The highest BCUT2D eigenvalue weighted by Crippen LogP contribution is 2.31. The van der Waals surface area contributed by atoms with Crippen molar-refractivity contribution in [1.29, 1.82) is 0 Å². The summed E-state index contributed by atoms with van der Waals surface area (Å²) in [5.41, 5.74) is 1.93. The standard InChI is InChI=1S/C22H21N5O2S2/c1-3-15-7-4-5-10-18(15)31-21-20-25-27(22(29)26(20)12-11-23-21)14-19(28)24-16-8-6-9-17(13-16)30-2/h4-13H,3,14H2,1-2H3,(H,24,28). The molecule has 4 aromatic rings. The van der Waals surface area contributed by atoms with Crippen LogP contribution in [0.2, 0.25) is 0 Å². The second-order valence-corrected chi connectivity index (χ2v) is 8.62. The fraction of sp³-hybridized carbons (Fsp3) is 0.182.